The molecule has 1 aliphatic rings. The van der Waals surface area contributed by atoms with Crippen molar-refractivity contribution in [2.24, 2.45) is 17.8 Å². The van der Waals surface area contributed by atoms with Gasteiger partial charge in [-0.05, 0) is 49.1 Å². The summed E-state index contributed by atoms with van der Waals surface area (Å²) >= 11 is 0. The van der Waals surface area contributed by atoms with E-state index in [1.165, 1.54) is 6.42 Å². The van der Waals surface area contributed by atoms with Crippen LogP contribution in [-0.2, 0) is 0 Å². The molecule has 2 heteroatoms. The number of pyridine rings is 1. The molecule has 4 atom stereocenters. The summed E-state index contributed by atoms with van der Waals surface area (Å²) in [4.78, 5) is 4.35. The third-order valence-electron chi connectivity index (χ3n) is 4.32. The van der Waals surface area contributed by atoms with Crippen molar-refractivity contribution in [3.05, 3.63) is 29.6 Å². The standard InChI is InChI=1S/C15H23NO/c1-10-4-7-14(16-9-10)15(17)13-6-5-11(2)12(3)8-13/h4,7,9,11-13,15,17H,5-6,8H2,1-3H3. The fraction of sp³-hybridized carbons (Fsp3) is 0.667. The van der Waals surface area contributed by atoms with Gasteiger partial charge in [0, 0.05) is 6.20 Å². The van der Waals surface area contributed by atoms with Crippen LogP contribution in [0.15, 0.2) is 18.3 Å². The fourth-order valence-corrected chi connectivity index (χ4v) is 2.77. The molecule has 1 aromatic heterocycles. The zero-order chi connectivity index (χ0) is 12.4. The molecule has 4 unspecified atom stereocenters. The summed E-state index contributed by atoms with van der Waals surface area (Å²) in [5.74, 6) is 1.90. The normalized spacial score (nSPS) is 31.2. The first-order chi connectivity index (χ1) is 8.08. The monoisotopic (exact) mass is 233 g/mol. The van der Waals surface area contributed by atoms with Gasteiger partial charge in [-0.3, -0.25) is 4.98 Å². The minimum Gasteiger partial charge on any atom is -0.387 e. The number of aliphatic hydroxyl groups excluding tert-OH is 1. The van der Waals surface area contributed by atoms with E-state index in [1.54, 1.807) is 0 Å². The highest BCUT2D eigenvalue weighted by Gasteiger charge is 2.30. The molecule has 0 spiro atoms. The van der Waals surface area contributed by atoms with Gasteiger partial charge in [-0.1, -0.05) is 26.3 Å². The van der Waals surface area contributed by atoms with E-state index < -0.39 is 0 Å². The van der Waals surface area contributed by atoms with Crippen LogP contribution in [0.5, 0.6) is 0 Å². The van der Waals surface area contributed by atoms with E-state index in [9.17, 15) is 5.11 Å². The summed E-state index contributed by atoms with van der Waals surface area (Å²) < 4.78 is 0. The van der Waals surface area contributed by atoms with Gasteiger partial charge in [-0.2, -0.15) is 0 Å². The second-order valence-corrected chi connectivity index (χ2v) is 5.73. The van der Waals surface area contributed by atoms with Crippen molar-refractivity contribution < 1.29 is 5.11 Å². The van der Waals surface area contributed by atoms with Crippen LogP contribution in [0.1, 0.15) is 50.5 Å². The Labute approximate surface area is 104 Å². The van der Waals surface area contributed by atoms with Gasteiger partial charge in [-0.25, -0.2) is 0 Å². The Morgan fingerprint density at radius 1 is 1.24 bits per heavy atom. The predicted octanol–water partition coefficient (Wildman–Crippen LogP) is 3.50. The molecule has 0 amide bonds. The number of aryl methyl sites for hydroxylation is 1. The molecule has 1 saturated carbocycles. The fourth-order valence-electron chi connectivity index (χ4n) is 2.77. The van der Waals surface area contributed by atoms with Gasteiger partial charge in [0.15, 0.2) is 0 Å². The van der Waals surface area contributed by atoms with E-state index in [1.807, 2.05) is 25.3 Å². The van der Waals surface area contributed by atoms with Crippen molar-refractivity contribution in [1.82, 2.24) is 4.98 Å². The van der Waals surface area contributed by atoms with Crippen molar-refractivity contribution in [1.29, 1.82) is 0 Å². The van der Waals surface area contributed by atoms with E-state index in [4.69, 9.17) is 0 Å². The first-order valence-corrected chi connectivity index (χ1v) is 6.68. The quantitative estimate of drug-likeness (QED) is 0.848. The van der Waals surface area contributed by atoms with Crippen molar-refractivity contribution >= 4 is 0 Å². The summed E-state index contributed by atoms with van der Waals surface area (Å²) in [5, 5.41) is 10.4. The summed E-state index contributed by atoms with van der Waals surface area (Å²) in [6, 6.07) is 3.99. The largest absolute Gasteiger partial charge is 0.387 e. The van der Waals surface area contributed by atoms with Gasteiger partial charge >= 0.3 is 0 Å². The van der Waals surface area contributed by atoms with E-state index >= 15 is 0 Å². The highest BCUT2D eigenvalue weighted by Crippen LogP contribution is 2.39. The van der Waals surface area contributed by atoms with Gasteiger partial charge in [0.05, 0.1) is 11.8 Å². The highest BCUT2D eigenvalue weighted by molar-refractivity contribution is 5.14. The van der Waals surface area contributed by atoms with Gasteiger partial charge < -0.3 is 5.11 Å². The lowest BCUT2D eigenvalue weighted by Crippen LogP contribution is -2.25. The van der Waals surface area contributed by atoms with Crippen LogP contribution in [-0.4, -0.2) is 10.1 Å². The minimum atomic E-state index is -0.384. The molecule has 1 N–H and O–H groups in total. The van der Waals surface area contributed by atoms with Gasteiger partial charge in [-0.15, -0.1) is 0 Å². The molecule has 2 nitrogen and oxygen atoms in total. The third kappa shape index (κ3) is 2.86. The SMILES string of the molecule is Cc1ccc(C(O)C2CCC(C)C(C)C2)nc1. The minimum absolute atomic E-state index is 0.384. The molecule has 0 aliphatic heterocycles. The molecule has 0 bridgehead atoms. The average molecular weight is 233 g/mol. The van der Waals surface area contributed by atoms with Gasteiger partial charge in [0.2, 0.25) is 0 Å². The lowest BCUT2D eigenvalue weighted by molar-refractivity contribution is 0.0531. The number of aliphatic hydroxyl groups is 1. The Morgan fingerprint density at radius 3 is 2.59 bits per heavy atom. The van der Waals surface area contributed by atoms with Crippen LogP contribution in [0.3, 0.4) is 0 Å². The smallest absolute Gasteiger partial charge is 0.0987 e. The van der Waals surface area contributed by atoms with E-state index in [0.29, 0.717) is 11.8 Å². The summed E-state index contributed by atoms with van der Waals surface area (Å²) in [6.45, 7) is 6.64. The number of rotatable bonds is 2. The molecule has 0 saturated heterocycles. The maximum atomic E-state index is 10.4. The maximum absolute atomic E-state index is 10.4. The maximum Gasteiger partial charge on any atom is 0.0987 e. The number of hydrogen-bond donors (Lipinski definition) is 1. The molecule has 1 heterocycles. The number of nitrogens with zero attached hydrogens (tertiary/aromatic N) is 1. The van der Waals surface area contributed by atoms with Crippen LogP contribution < -0.4 is 0 Å². The van der Waals surface area contributed by atoms with Crippen molar-refractivity contribution in [2.45, 2.75) is 46.1 Å². The zero-order valence-corrected chi connectivity index (χ0v) is 11.1. The van der Waals surface area contributed by atoms with E-state index in [2.05, 4.69) is 18.8 Å². The van der Waals surface area contributed by atoms with Crippen LogP contribution >= 0.6 is 0 Å². The van der Waals surface area contributed by atoms with Crippen LogP contribution in [0.4, 0.5) is 0 Å². The van der Waals surface area contributed by atoms with Crippen LogP contribution in [0.25, 0.3) is 0 Å². The lowest BCUT2D eigenvalue weighted by atomic mass is 9.73. The Kier molecular flexibility index (Phi) is 3.82. The molecule has 94 valence electrons. The van der Waals surface area contributed by atoms with Crippen LogP contribution in [0.2, 0.25) is 0 Å². The first kappa shape index (κ1) is 12.6. The van der Waals surface area contributed by atoms with E-state index in [0.717, 1.165) is 30.0 Å². The summed E-state index contributed by atoms with van der Waals surface area (Å²) in [5.41, 5.74) is 1.98. The highest BCUT2D eigenvalue weighted by atomic mass is 16.3. The number of hydrogen-bond acceptors (Lipinski definition) is 2. The number of aromatic nitrogens is 1. The summed E-state index contributed by atoms with van der Waals surface area (Å²) in [7, 11) is 0. The molecule has 17 heavy (non-hydrogen) atoms. The van der Waals surface area contributed by atoms with Gasteiger partial charge in [0.1, 0.15) is 0 Å². The molecule has 1 aliphatic carbocycles. The Bertz CT molecular complexity index is 360. The molecule has 0 radical (unpaired) electrons. The second-order valence-electron chi connectivity index (χ2n) is 5.73. The third-order valence-corrected chi connectivity index (χ3v) is 4.32. The molecular formula is C15H23NO. The van der Waals surface area contributed by atoms with Gasteiger partial charge in [0.25, 0.3) is 0 Å². The Balaban J connectivity index is 2.05. The van der Waals surface area contributed by atoms with Crippen molar-refractivity contribution in [3.63, 3.8) is 0 Å². The zero-order valence-electron chi connectivity index (χ0n) is 11.1. The lowest BCUT2D eigenvalue weighted by Gasteiger charge is -2.34. The molecular weight excluding hydrogens is 210 g/mol. The molecule has 1 fully saturated rings. The van der Waals surface area contributed by atoms with Crippen molar-refractivity contribution in [2.75, 3.05) is 0 Å². The summed E-state index contributed by atoms with van der Waals surface area (Å²) in [6.07, 6.45) is 4.94. The van der Waals surface area contributed by atoms with Crippen molar-refractivity contribution in [3.8, 4) is 0 Å². The average Bonchev–Trinajstić information content (AvgIpc) is 2.33. The predicted molar refractivity (Wildman–Crippen MR) is 69.6 cm³/mol. The topological polar surface area (TPSA) is 33.1 Å². The Hall–Kier alpha value is -0.890. The molecule has 2 rings (SSSR count). The first-order valence-electron chi connectivity index (χ1n) is 6.68. The Morgan fingerprint density at radius 2 is 2.00 bits per heavy atom. The van der Waals surface area contributed by atoms with E-state index in [-0.39, 0.29) is 6.10 Å². The molecule has 0 aromatic carbocycles. The van der Waals surface area contributed by atoms with Crippen LogP contribution in [0, 0.1) is 24.7 Å². The second kappa shape index (κ2) is 5.18. The molecule has 1 aromatic rings.